The summed E-state index contributed by atoms with van der Waals surface area (Å²) in [5.41, 5.74) is 1.28. The number of carbonyl (C=O) groups excluding carboxylic acids is 2. The van der Waals surface area contributed by atoms with Gasteiger partial charge in [-0.1, -0.05) is 45.4 Å². The molecule has 4 nitrogen and oxygen atoms in total. The molecule has 0 radical (unpaired) electrons. The lowest BCUT2D eigenvalue weighted by Crippen LogP contribution is -2.43. The molecular formula is C22H32N2O2. The first-order valence-electron chi connectivity index (χ1n) is 10.1. The quantitative estimate of drug-likeness (QED) is 0.861. The lowest BCUT2D eigenvalue weighted by Gasteiger charge is -2.39. The van der Waals surface area contributed by atoms with Gasteiger partial charge in [0.2, 0.25) is 11.8 Å². The summed E-state index contributed by atoms with van der Waals surface area (Å²) in [6.45, 7) is 7.48. The highest BCUT2D eigenvalue weighted by molar-refractivity contribution is 6.00. The Bertz CT molecular complexity index is 633. The van der Waals surface area contributed by atoms with Crippen molar-refractivity contribution in [2.24, 2.45) is 17.3 Å². The first kappa shape index (κ1) is 18.9. The van der Waals surface area contributed by atoms with E-state index < -0.39 is 0 Å². The van der Waals surface area contributed by atoms with Crippen LogP contribution in [0.3, 0.4) is 0 Å². The number of rotatable bonds is 5. The highest BCUT2D eigenvalue weighted by Crippen LogP contribution is 2.40. The molecule has 2 aliphatic rings. The van der Waals surface area contributed by atoms with Crippen LogP contribution in [0.2, 0.25) is 0 Å². The van der Waals surface area contributed by atoms with Crippen molar-refractivity contribution >= 4 is 17.5 Å². The zero-order valence-electron chi connectivity index (χ0n) is 16.3. The summed E-state index contributed by atoms with van der Waals surface area (Å²) in [6, 6.07) is 9.90. The van der Waals surface area contributed by atoms with E-state index in [9.17, 15) is 9.59 Å². The monoisotopic (exact) mass is 356 g/mol. The number of para-hydroxylation sites is 1. The molecule has 0 spiro atoms. The second-order valence-corrected chi connectivity index (χ2v) is 8.64. The molecule has 1 heterocycles. The molecule has 2 amide bonds. The minimum Gasteiger partial charge on any atom is -0.353 e. The van der Waals surface area contributed by atoms with Gasteiger partial charge in [-0.15, -0.1) is 0 Å². The molecule has 0 unspecified atom stereocenters. The zero-order chi connectivity index (χ0) is 18.7. The largest absolute Gasteiger partial charge is 0.353 e. The molecule has 1 N–H and O–H groups in total. The number of amides is 2. The highest BCUT2D eigenvalue weighted by Gasteiger charge is 2.37. The summed E-state index contributed by atoms with van der Waals surface area (Å²) >= 11 is 0. The molecular weight excluding hydrogens is 324 g/mol. The molecule has 26 heavy (non-hydrogen) atoms. The molecule has 4 heteroatoms. The van der Waals surface area contributed by atoms with Crippen LogP contribution in [-0.2, 0) is 9.59 Å². The first-order valence-corrected chi connectivity index (χ1v) is 10.1. The fourth-order valence-electron chi connectivity index (χ4n) is 4.37. The normalized spacial score (nSPS) is 26.8. The van der Waals surface area contributed by atoms with Gasteiger partial charge in [-0.3, -0.25) is 9.59 Å². The van der Waals surface area contributed by atoms with E-state index in [2.05, 4.69) is 26.1 Å². The van der Waals surface area contributed by atoms with Crippen molar-refractivity contribution in [1.29, 1.82) is 0 Å². The fraction of sp³-hybridized carbons (Fsp3) is 0.636. The Labute approximate surface area is 157 Å². The number of hydrogen-bond donors (Lipinski definition) is 1. The van der Waals surface area contributed by atoms with Crippen LogP contribution >= 0.6 is 0 Å². The van der Waals surface area contributed by atoms with Crippen LogP contribution < -0.4 is 10.2 Å². The summed E-state index contributed by atoms with van der Waals surface area (Å²) in [5, 5.41) is 3.23. The van der Waals surface area contributed by atoms with Crippen LogP contribution in [0.1, 0.15) is 59.3 Å². The van der Waals surface area contributed by atoms with Gasteiger partial charge in [-0.2, -0.15) is 0 Å². The highest BCUT2D eigenvalue weighted by atomic mass is 16.2. The van der Waals surface area contributed by atoms with Gasteiger partial charge >= 0.3 is 0 Å². The summed E-state index contributed by atoms with van der Waals surface area (Å²) in [7, 11) is 0. The summed E-state index contributed by atoms with van der Waals surface area (Å²) < 4.78 is 0. The Morgan fingerprint density at radius 2 is 1.81 bits per heavy atom. The summed E-state index contributed by atoms with van der Waals surface area (Å²) in [4.78, 5) is 26.7. The molecule has 1 saturated heterocycles. The molecule has 142 valence electrons. The predicted molar refractivity (Wildman–Crippen MR) is 105 cm³/mol. The Kier molecular flexibility index (Phi) is 5.69. The fourth-order valence-corrected chi connectivity index (χ4v) is 4.37. The molecule has 0 bridgehead atoms. The maximum atomic E-state index is 12.7. The van der Waals surface area contributed by atoms with E-state index in [0.29, 0.717) is 18.4 Å². The van der Waals surface area contributed by atoms with Gasteiger partial charge in [0.15, 0.2) is 0 Å². The van der Waals surface area contributed by atoms with E-state index in [1.54, 1.807) is 4.90 Å². The standard InChI is InChI=1S/C22H32N2O2/c1-4-22(2,3)17-10-12-18(13-11-17)23-21(26)16-14-20(25)24(15-16)19-8-6-5-7-9-19/h5-9,16-18H,4,10-15H2,1-3H3,(H,23,26)/t16-,17?,18?/m1/s1. The summed E-state index contributed by atoms with van der Waals surface area (Å²) in [5.74, 6) is 0.620. The minimum absolute atomic E-state index is 0.0461. The molecule has 1 aliphatic carbocycles. The van der Waals surface area contributed by atoms with Crippen molar-refractivity contribution in [2.45, 2.75) is 65.3 Å². The first-order chi connectivity index (χ1) is 12.4. The SMILES string of the molecule is CCC(C)(C)C1CCC(NC(=O)[C@@H]2CC(=O)N(c3ccccc3)C2)CC1. The van der Waals surface area contributed by atoms with Gasteiger partial charge in [-0.25, -0.2) is 0 Å². The van der Waals surface area contributed by atoms with Crippen molar-refractivity contribution in [3.63, 3.8) is 0 Å². The molecule has 0 aromatic heterocycles. The Balaban J connectivity index is 1.51. The minimum atomic E-state index is -0.229. The molecule has 3 rings (SSSR count). The number of carbonyl (C=O) groups is 2. The van der Waals surface area contributed by atoms with Gasteiger partial charge in [0.05, 0.1) is 5.92 Å². The Morgan fingerprint density at radius 1 is 1.15 bits per heavy atom. The van der Waals surface area contributed by atoms with E-state index in [0.717, 1.165) is 24.4 Å². The predicted octanol–water partition coefficient (Wildman–Crippen LogP) is 4.15. The van der Waals surface area contributed by atoms with Crippen LogP contribution in [0.25, 0.3) is 0 Å². The van der Waals surface area contributed by atoms with Gasteiger partial charge in [0, 0.05) is 24.7 Å². The lowest BCUT2D eigenvalue weighted by molar-refractivity contribution is -0.127. The molecule has 2 fully saturated rings. The third kappa shape index (κ3) is 4.11. The average Bonchev–Trinajstić information content (AvgIpc) is 3.05. The smallest absolute Gasteiger partial charge is 0.227 e. The molecule has 1 aromatic carbocycles. The number of nitrogens with zero attached hydrogens (tertiary/aromatic N) is 1. The summed E-state index contributed by atoms with van der Waals surface area (Å²) in [6.07, 6.45) is 6.01. The van der Waals surface area contributed by atoms with Gasteiger partial charge in [0.1, 0.15) is 0 Å². The lowest BCUT2D eigenvalue weighted by atomic mass is 9.69. The van der Waals surface area contributed by atoms with E-state index in [-0.39, 0.29) is 23.8 Å². The van der Waals surface area contributed by atoms with Gasteiger partial charge in [0.25, 0.3) is 0 Å². The third-order valence-electron chi connectivity index (χ3n) is 6.65. The average molecular weight is 357 g/mol. The maximum absolute atomic E-state index is 12.7. The van der Waals surface area contributed by atoms with Crippen LogP contribution in [0.15, 0.2) is 30.3 Å². The number of benzene rings is 1. The molecule has 1 aliphatic heterocycles. The van der Waals surface area contributed by atoms with E-state index in [4.69, 9.17) is 0 Å². The Hall–Kier alpha value is -1.84. The molecule has 1 aromatic rings. The van der Waals surface area contributed by atoms with E-state index >= 15 is 0 Å². The zero-order valence-corrected chi connectivity index (χ0v) is 16.3. The van der Waals surface area contributed by atoms with E-state index in [1.807, 2.05) is 30.3 Å². The molecule has 1 atom stereocenters. The second kappa shape index (κ2) is 7.81. The second-order valence-electron chi connectivity index (χ2n) is 8.64. The Morgan fingerprint density at radius 3 is 2.42 bits per heavy atom. The topological polar surface area (TPSA) is 49.4 Å². The van der Waals surface area contributed by atoms with Crippen LogP contribution in [0.4, 0.5) is 5.69 Å². The van der Waals surface area contributed by atoms with Gasteiger partial charge < -0.3 is 10.2 Å². The maximum Gasteiger partial charge on any atom is 0.227 e. The van der Waals surface area contributed by atoms with Gasteiger partial charge in [-0.05, 0) is 49.1 Å². The van der Waals surface area contributed by atoms with Crippen molar-refractivity contribution in [3.05, 3.63) is 30.3 Å². The van der Waals surface area contributed by atoms with Crippen molar-refractivity contribution in [2.75, 3.05) is 11.4 Å². The molecule has 1 saturated carbocycles. The number of anilines is 1. The van der Waals surface area contributed by atoms with Crippen molar-refractivity contribution in [1.82, 2.24) is 5.32 Å². The number of hydrogen-bond acceptors (Lipinski definition) is 2. The van der Waals surface area contributed by atoms with Crippen LogP contribution in [0.5, 0.6) is 0 Å². The van der Waals surface area contributed by atoms with Crippen molar-refractivity contribution < 1.29 is 9.59 Å². The van der Waals surface area contributed by atoms with Crippen molar-refractivity contribution in [3.8, 4) is 0 Å². The van der Waals surface area contributed by atoms with E-state index in [1.165, 1.54) is 19.3 Å². The van der Waals surface area contributed by atoms with Crippen LogP contribution in [0, 0.1) is 17.3 Å². The van der Waals surface area contributed by atoms with Crippen LogP contribution in [-0.4, -0.2) is 24.4 Å². The number of nitrogens with one attached hydrogen (secondary N) is 1. The third-order valence-corrected chi connectivity index (χ3v) is 6.65.